The highest BCUT2D eigenvalue weighted by atomic mass is 35.7. The van der Waals surface area contributed by atoms with Crippen LogP contribution >= 0.6 is 0 Å². The minimum atomic E-state index is -4.94. The Bertz CT molecular complexity index is 355. The third kappa shape index (κ3) is 5.26. The third-order valence-corrected chi connectivity index (χ3v) is 1.47. The van der Waals surface area contributed by atoms with Gasteiger partial charge in [0.05, 0.1) is 5.39 Å². The molecule has 0 saturated carbocycles. The predicted octanol–water partition coefficient (Wildman–Crippen LogP) is -2.04. The van der Waals surface area contributed by atoms with Gasteiger partial charge < -0.3 is 0 Å². The van der Waals surface area contributed by atoms with Crippen LogP contribution in [0.3, 0.4) is 0 Å². The number of halogens is 1. The summed E-state index contributed by atoms with van der Waals surface area (Å²) in [6.07, 6.45) is 1.68. The van der Waals surface area contributed by atoms with Crippen LogP contribution in [-0.4, -0.2) is 0 Å². The smallest absolute Gasteiger partial charge is 0.222 e. The molecule has 0 unspecified atom stereocenters. The third-order valence-electron chi connectivity index (χ3n) is 1.47. The first kappa shape index (κ1) is 11.8. The van der Waals surface area contributed by atoms with Gasteiger partial charge in [0.2, 0.25) is 0 Å². The van der Waals surface area contributed by atoms with E-state index in [0.717, 1.165) is 11.0 Å². The zero-order valence-electron chi connectivity index (χ0n) is 7.46. The van der Waals surface area contributed by atoms with Crippen molar-refractivity contribution in [3.8, 4) is 0 Å². The fourth-order valence-corrected chi connectivity index (χ4v) is 0.981. The number of rotatable bonds is 0. The Morgan fingerprint density at radius 3 is 2.00 bits per heavy atom. The molecule has 0 bridgehead atoms. The Hall–Kier alpha value is -1.24. The summed E-state index contributed by atoms with van der Waals surface area (Å²) in [5.41, 5.74) is 0.935. The highest BCUT2D eigenvalue weighted by Crippen LogP contribution is 2.11. The van der Waals surface area contributed by atoms with Crippen molar-refractivity contribution in [1.82, 2.24) is 0 Å². The molecule has 5 nitrogen and oxygen atoms in total. The summed E-state index contributed by atoms with van der Waals surface area (Å²) in [7, 11) is -4.94. The van der Waals surface area contributed by atoms with Crippen molar-refractivity contribution in [2.24, 2.45) is 0 Å². The standard InChI is InChI=1S/C9H7O.ClHO4/c1-2-6-9-8(4-1)5-3-7-10-9;2-1(3,4)5/h1-7H;(H,2,3,4,5)/q+1;/p-1. The van der Waals surface area contributed by atoms with Crippen LogP contribution in [0.1, 0.15) is 0 Å². The summed E-state index contributed by atoms with van der Waals surface area (Å²) in [6.45, 7) is 0. The molecule has 0 aliphatic heterocycles. The maximum Gasteiger partial charge on any atom is 0.359 e. The van der Waals surface area contributed by atoms with Gasteiger partial charge in [-0.25, -0.2) is 23.1 Å². The van der Waals surface area contributed by atoms with E-state index in [1.54, 1.807) is 6.26 Å². The largest absolute Gasteiger partial charge is 0.359 e. The Morgan fingerprint density at radius 1 is 0.867 bits per heavy atom. The molecule has 0 amide bonds. The molecule has 6 heteroatoms. The number of hydrogen-bond acceptors (Lipinski definition) is 4. The molecule has 0 fully saturated rings. The molecule has 1 aromatic heterocycles. The fourth-order valence-electron chi connectivity index (χ4n) is 0.981. The summed E-state index contributed by atoms with van der Waals surface area (Å²) >= 11 is 0. The first-order chi connectivity index (χ1) is 6.97. The van der Waals surface area contributed by atoms with E-state index in [9.17, 15) is 0 Å². The van der Waals surface area contributed by atoms with Gasteiger partial charge in [-0.1, -0.05) is 12.1 Å². The number of hydrogen-bond donors (Lipinski definition) is 0. The van der Waals surface area contributed by atoms with Crippen LogP contribution in [0.2, 0.25) is 0 Å². The van der Waals surface area contributed by atoms with Crippen LogP contribution in [-0.2, 0) is 0 Å². The molecule has 0 atom stereocenters. The summed E-state index contributed by atoms with van der Waals surface area (Å²) in [6, 6.07) is 11.9. The summed E-state index contributed by atoms with van der Waals surface area (Å²) in [4.78, 5) is 0. The van der Waals surface area contributed by atoms with Crippen molar-refractivity contribution in [3.05, 3.63) is 42.7 Å². The molecule has 2 aromatic rings. The fraction of sp³-hybridized carbons (Fsp3) is 0. The van der Waals surface area contributed by atoms with E-state index in [2.05, 4.69) is 0 Å². The minimum absolute atomic E-state index is 0.935. The van der Waals surface area contributed by atoms with Crippen molar-refractivity contribution in [2.75, 3.05) is 0 Å². The average molecular weight is 231 g/mol. The van der Waals surface area contributed by atoms with Gasteiger partial charge in [-0.2, -0.15) is 0 Å². The Morgan fingerprint density at radius 2 is 1.40 bits per heavy atom. The predicted molar refractivity (Wildman–Crippen MR) is 40.6 cm³/mol. The van der Waals surface area contributed by atoms with Gasteiger partial charge in [0.1, 0.15) is 0 Å². The first-order valence-electron chi connectivity index (χ1n) is 3.84. The topological polar surface area (TPSA) is 104 Å². The minimum Gasteiger partial charge on any atom is -0.222 e. The molecule has 0 radical (unpaired) electrons. The number of benzene rings is 1. The zero-order chi connectivity index (χ0) is 11.3. The second-order valence-electron chi connectivity index (χ2n) is 2.53. The lowest BCUT2D eigenvalue weighted by atomic mass is 10.2. The van der Waals surface area contributed by atoms with Gasteiger partial charge >= 0.3 is 11.8 Å². The zero-order valence-corrected chi connectivity index (χ0v) is 8.22. The summed E-state index contributed by atoms with van der Waals surface area (Å²) in [5, 5.41) is 1.14. The highest BCUT2D eigenvalue weighted by molar-refractivity contribution is 5.75. The van der Waals surface area contributed by atoms with Crippen LogP contribution in [0.4, 0.5) is 0 Å². The van der Waals surface area contributed by atoms with E-state index in [-0.39, 0.29) is 0 Å². The first-order valence-corrected chi connectivity index (χ1v) is 5.07. The van der Waals surface area contributed by atoms with Gasteiger partial charge in [0, 0.05) is 12.1 Å². The molecular weight excluding hydrogens is 224 g/mol. The normalized spacial score (nSPS) is 10.7. The van der Waals surface area contributed by atoms with Gasteiger partial charge in [-0.3, -0.25) is 0 Å². The van der Waals surface area contributed by atoms with E-state index < -0.39 is 10.2 Å². The van der Waals surface area contributed by atoms with E-state index in [1.807, 2.05) is 36.4 Å². The van der Waals surface area contributed by atoms with Crippen molar-refractivity contribution < 1.29 is 33.3 Å². The van der Waals surface area contributed by atoms with Gasteiger partial charge in [-0.05, 0) is 12.1 Å². The van der Waals surface area contributed by atoms with Crippen LogP contribution < -0.4 is 18.6 Å². The molecule has 0 N–H and O–H groups in total. The quantitative estimate of drug-likeness (QED) is 0.485. The molecule has 1 aromatic carbocycles. The Balaban J connectivity index is 0.000000195. The van der Waals surface area contributed by atoms with Crippen LogP contribution in [0.25, 0.3) is 11.0 Å². The lowest BCUT2D eigenvalue weighted by Gasteiger charge is -2.17. The molecular formula is C9H7ClO5. The van der Waals surface area contributed by atoms with Gasteiger partial charge in [0.15, 0.2) is 0 Å². The number of para-hydroxylation sites is 1. The van der Waals surface area contributed by atoms with Gasteiger partial charge in [0.25, 0.3) is 0 Å². The highest BCUT2D eigenvalue weighted by Gasteiger charge is 1.99. The van der Waals surface area contributed by atoms with Crippen molar-refractivity contribution in [1.29, 1.82) is 0 Å². The molecule has 2 rings (SSSR count). The van der Waals surface area contributed by atoms with Crippen molar-refractivity contribution in [3.63, 3.8) is 0 Å². The maximum atomic E-state index is 8.49. The maximum absolute atomic E-state index is 8.49. The monoisotopic (exact) mass is 230 g/mol. The van der Waals surface area contributed by atoms with Crippen LogP contribution in [0, 0.1) is 10.2 Å². The summed E-state index contributed by atoms with van der Waals surface area (Å²) < 4.78 is 39.2. The molecule has 80 valence electrons. The molecule has 0 saturated heterocycles. The lowest BCUT2D eigenvalue weighted by molar-refractivity contribution is -2.00. The summed E-state index contributed by atoms with van der Waals surface area (Å²) in [5.74, 6) is 0. The molecule has 1 heterocycles. The molecule has 15 heavy (non-hydrogen) atoms. The van der Waals surface area contributed by atoms with Crippen LogP contribution in [0.15, 0.2) is 47.1 Å². The lowest BCUT2D eigenvalue weighted by Crippen LogP contribution is -2.68. The van der Waals surface area contributed by atoms with Gasteiger partial charge in [-0.15, -0.1) is 10.2 Å². The van der Waals surface area contributed by atoms with E-state index in [1.165, 1.54) is 0 Å². The molecule has 0 spiro atoms. The second kappa shape index (κ2) is 5.01. The molecule has 0 aliphatic rings. The van der Waals surface area contributed by atoms with Crippen molar-refractivity contribution in [2.45, 2.75) is 0 Å². The van der Waals surface area contributed by atoms with Crippen molar-refractivity contribution >= 4 is 11.0 Å². The number of fused-ring (bicyclic) bond motifs is 1. The average Bonchev–Trinajstić information content (AvgIpc) is 2.16. The van der Waals surface area contributed by atoms with Crippen LogP contribution in [0.5, 0.6) is 0 Å². The van der Waals surface area contributed by atoms with E-state index in [4.69, 9.17) is 23.1 Å². The second-order valence-corrected chi connectivity index (χ2v) is 3.28. The van der Waals surface area contributed by atoms with E-state index in [0.29, 0.717) is 0 Å². The van der Waals surface area contributed by atoms with E-state index >= 15 is 0 Å². The SMILES string of the molecule is [O-][Cl+3]([O-])([O-])[O-].c1ccc2[o+]cccc2c1. The Kier molecular flexibility index (Phi) is 3.96. The Labute approximate surface area is 87.6 Å². The molecule has 0 aliphatic carbocycles.